The molecule has 2 rings (SSSR count). The first-order valence-corrected chi connectivity index (χ1v) is 11.0. The van der Waals surface area contributed by atoms with Crippen molar-refractivity contribution < 1.29 is 8.42 Å². The molecular formula is C20H31N5O2S. The van der Waals surface area contributed by atoms with Crippen LogP contribution in [0.15, 0.2) is 35.3 Å². The zero-order chi connectivity index (χ0) is 20.9. The first kappa shape index (κ1) is 21.9. The maximum absolute atomic E-state index is 12.2. The quantitative estimate of drug-likeness (QED) is 0.569. The van der Waals surface area contributed by atoms with Gasteiger partial charge >= 0.3 is 0 Å². The topological polar surface area (TPSA) is 88.4 Å². The normalized spacial score (nSPS) is 12.9. The predicted octanol–water partition coefficient (Wildman–Crippen LogP) is 2.37. The zero-order valence-electron chi connectivity index (χ0n) is 17.6. The number of hydrogen-bond donors (Lipinski definition) is 2. The van der Waals surface area contributed by atoms with E-state index in [0.717, 1.165) is 22.6 Å². The van der Waals surface area contributed by atoms with E-state index < -0.39 is 14.6 Å². The number of sulfone groups is 1. The number of hydrogen-bond acceptors (Lipinski definition) is 4. The molecule has 0 atom stereocenters. The molecule has 0 radical (unpaired) electrons. The molecular weight excluding hydrogens is 374 g/mol. The summed E-state index contributed by atoms with van der Waals surface area (Å²) in [4.78, 5) is 4.19. The highest BCUT2D eigenvalue weighted by Crippen LogP contribution is 2.17. The Balaban J connectivity index is 2.02. The molecule has 2 aromatic rings. The molecule has 0 fully saturated rings. The average molecular weight is 406 g/mol. The van der Waals surface area contributed by atoms with Gasteiger partial charge in [-0.3, -0.25) is 4.99 Å². The van der Waals surface area contributed by atoms with Crippen LogP contribution < -0.4 is 10.6 Å². The molecule has 2 N–H and O–H groups in total. The van der Waals surface area contributed by atoms with E-state index in [1.807, 2.05) is 48.9 Å². The van der Waals surface area contributed by atoms with E-state index >= 15 is 0 Å². The van der Waals surface area contributed by atoms with Gasteiger partial charge in [0.15, 0.2) is 15.8 Å². The fraction of sp³-hybridized carbons (Fsp3) is 0.500. The molecule has 0 aliphatic rings. The Morgan fingerprint density at radius 3 is 2.43 bits per heavy atom. The minimum atomic E-state index is -3.17. The van der Waals surface area contributed by atoms with Crippen molar-refractivity contribution in [3.05, 3.63) is 47.3 Å². The molecule has 28 heavy (non-hydrogen) atoms. The van der Waals surface area contributed by atoms with Crippen molar-refractivity contribution in [2.45, 2.75) is 45.9 Å². The molecule has 1 heterocycles. The lowest BCUT2D eigenvalue weighted by atomic mass is 10.1. The first-order valence-electron chi connectivity index (χ1n) is 9.33. The molecule has 0 aliphatic carbocycles. The SMILES string of the molecule is CN=C(NCCS(=O)(=O)C(C)(C)C)NCc1ccccc1-n1nc(C)cc1C. The van der Waals surface area contributed by atoms with Crippen molar-refractivity contribution in [3.63, 3.8) is 0 Å². The van der Waals surface area contributed by atoms with Gasteiger partial charge in [0.1, 0.15) is 0 Å². The maximum atomic E-state index is 12.2. The molecule has 0 bridgehead atoms. The van der Waals surface area contributed by atoms with Gasteiger partial charge < -0.3 is 10.6 Å². The number of aliphatic imine (C=N–C) groups is 1. The summed E-state index contributed by atoms with van der Waals surface area (Å²) in [6, 6.07) is 10.1. The lowest BCUT2D eigenvalue weighted by Crippen LogP contribution is -2.41. The van der Waals surface area contributed by atoms with Crippen molar-refractivity contribution in [1.82, 2.24) is 20.4 Å². The highest BCUT2D eigenvalue weighted by molar-refractivity contribution is 7.92. The third-order valence-electron chi connectivity index (χ3n) is 4.50. The predicted molar refractivity (Wildman–Crippen MR) is 115 cm³/mol. The molecule has 8 heteroatoms. The maximum Gasteiger partial charge on any atom is 0.191 e. The van der Waals surface area contributed by atoms with Crippen LogP contribution in [0.4, 0.5) is 0 Å². The van der Waals surface area contributed by atoms with Gasteiger partial charge in [-0.15, -0.1) is 0 Å². The number of nitrogens with zero attached hydrogens (tertiary/aromatic N) is 3. The molecule has 0 spiro atoms. The number of benzene rings is 1. The van der Waals surface area contributed by atoms with Gasteiger partial charge in [0, 0.05) is 25.8 Å². The van der Waals surface area contributed by atoms with Gasteiger partial charge in [-0.1, -0.05) is 18.2 Å². The monoisotopic (exact) mass is 405 g/mol. The summed E-state index contributed by atoms with van der Waals surface area (Å²) in [6.07, 6.45) is 0. The average Bonchev–Trinajstić information content (AvgIpc) is 2.95. The second-order valence-corrected chi connectivity index (χ2v) is 10.6. The van der Waals surface area contributed by atoms with Gasteiger partial charge in [0.25, 0.3) is 0 Å². The van der Waals surface area contributed by atoms with Crippen LogP contribution in [0.2, 0.25) is 0 Å². The van der Waals surface area contributed by atoms with E-state index in [9.17, 15) is 8.42 Å². The Bertz CT molecular complexity index is 940. The molecule has 0 saturated heterocycles. The number of guanidine groups is 1. The summed E-state index contributed by atoms with van der Waals surface area (Å²) < 4.78 is 25.6. The van der Waals surface area contributed by atoms with Gasteiger partial charge in [0.2, 0.25) is 0 Å². The van der Waals surface area contributed by atoms with Crippen LogP contribution in [0, 0.1) is 13.8 Å². The molecule has 0 unspecified atom stereocenters. The minimum absolute atomic E-state index is 0.0551. The van der Waals surface area contributed by atoms with Crippen LogP contribution in [0.1, 0.15) is 37.7 Å². The summed E-state index contributed by atoms with van der Waals surface area (Å²) in [7, 11) is -1.50. The Morgan fingerprint density at radius 2 is 1.86 bits per heavy atom. The molecule has 0 amide bonds. The zero-order valence-corrected chi connectivity index (χ0v) is 18.4. The minimum Gasteiger partial charge on any atom is -0.355 e. The lowest BCUT2D eigenvalue weighted by Gasteiger charge is -2.20. The molecule has 7 nitrogen and oxygen atoms in total. The molecule has 0 aliphatic heterocycles. The van der Waals surface area contributed by atoms with Crippen molar-refractivity contribution in [3.8, 4) is 5.69 Å². The van der Waals surface area contributed by atoms with Crippen molar-refractivity contribution >= 4 is 15.8 Å². The van der Waals surface area contributed by atoms with Crippen LogP contribution in [-0.4, -0.2) is 48.3 Å². The number of para-hydroxylation sites is 1. The Kier molecular flexibility index (Phi) is 6.87. The molecule has 1 aromatic heterocycles. The van der Waals surface area contributed by atoms with E-state index in [0.29, 0.717) is 19.0 Å². The third kappa shape index (κ3) is 5.34. The summed E-state index contributed by atoms with van der Waals surface area (Å²) in [5, 5.41) is 10.9. The van der Waals surface area contributed by atoms with Crippen molar-refractivity contribution in [2.75, 3.05) is 19.3 Å². The third-order valence-corrected chi connectivity index (χ3v) is 7.10. The Morgan fingerprint density at radius 1 is 1.18 bits per heavy atom. The summed E-state index contributed by atoms with van der Waals surface area (Å²) in [5.41, 5.74) is 4.11. The van der Waals surface area contributed by atoms with Crippen LogP contribution >= 0.6 is 0 Å². The van der Waals surface area contributed by atoms with Crippen LogP contribution in [0.3, 0.4) is 0 Å². The van der Waals surface area contributed by atoms with Crippen LogP contribution in [-0.2, 0) is 16.4 Å². The van der Waals surface area contributed by atoms with E-state index in [1.165, 1.54) is 0 Å². The Hall–Kier alpha value is -2.35. The molecule has 0 saturated carbocycles. The van der Waals surface area contributed by atoms with Crippen molar-refractivity contribution in [1.29, 1.82) is 0 Å². The number of rotatable bonds is 6. The highest BCUT2D eigenvalue weighted by atomic mass is 32.2. The summed E-state index contributed by atoms with van der Waals surface area (Å²) >= 11 is 0. The van der Waals surface area contributed by atoms with E-state index in [1.54, 1.807) is 27.8 Å². The second-order valence-electron chi connectivity index (χ2n) is 7.75. The summed E-state index contributed by atoms with van der Waals surface area (Å²) in [5.74, 6) is 0.617. The van der Waals surface area contributed by atoms with E-state index in [2.05, 4.69) is 20.7 Å². The van der Waals surface area contributed by atoms with Gasteiger partial charge in [-0.2, -0.15) is 5.10 Å². The standard InChI is InChI=1S/C20H31N5O2S/c1-15-13-16(2)25(24-15)18-10-8-7-9-17(18)14-23-19(21-6)22-11-12-28(26,27)20(3,4)5/h7-10,13H,11-12,14H2,1-6H3,(H2,21,22,23). The van der Waals surface area contributed by atoms with E-state index in [-0.39, 0.29) is 5.75 Å². The second kappa shape index (κ2) is 8.77. The van der Waals surface area contributed by atoms with E-state index in [4.69, 9.17) is 0 Å². The lowest BCUT2D eigenvalue weighted by molar-refractivity contribution is 0.559. The van der Waals surface area contributed by atoms with Crippen LogP contribution in [0.25, 0.3) is 5.69 Å². The highest BCUT2D eigenvalue weighted by Gasteiger charge is 2.28. The summed E-state index contributed by atoms with van der Waals surface area (Å²) in [6.45, 7) is 9.99. The number of aromatic nitrogens is 2. The van der Waals surface area contributed by atoms with Crippen molar-refractivity contribution in [2.24, 2.45) is 4.99 Å². The van der Waals surface area contributed by atoms with Crippen LogP contribution in [0.5, 0.6) is 0 Å². The van der Waals surface area contributed by atoms with Gasteiger partial charge in [-0.05, 0) is 52.3 Å². The number of aryl methyl sites for hydroxylation is 2. The Labute approximate surface area is 168 Å². The fourth-order valence-corrected chi connectivity index (χ4v) is 3.73. The smallest absolute Gasteiger partial charge is 0.191 e. The fourth-order valence-electron chi connectivity index (χ4n) is 2.75. The van der Waals surface area contributed by atoms with Gasteiger partial charge in [0.05, 0.1) is 21.9 Å². The number of nitrogens with one attached hydrogen (secondary N) is 2. The molecule has 1 aromatic carbocycles. The first-order chi connectivity index (χ1) is 13.0. The van der Waals surface area contributed by atoms with Gasteiger partial charge in [-0.25, -0.2) is 13.1 Å². The largest absolute Gasteiger partial charge is 0.355 e. The molecule has 154 valence electrons.